The van der Waals surface area contributed by atoms with E-state index in [4.69, 9.17) is 18.9 Å². The maximum Gasteiger partial charge on any atom is 0.336 e. The second-order valence-corrected chi connectivity index (χ2v) is 10.5. The van der Waals surface area contributed by atoms with Crippen molar-refractivity contribution in [3.05, 3.63) is 113 Å². The molecule has 0 bridgehead atoms. The average Bonchev–Trinajstić information content (AvgIpc) is 3.02. The molecule has 0 aromatic heterocycles. The lowest BCUT2D eigenvalue weighted by molar-refractivity contribution is -0.140. The van der Waals surface area contributed by atoms with E-state index in [9.17, 15) is 9.59 Å². The van der Waals surface area contributed by atoms with Gasteiger partial charge in [0, 0.05) is 29.3 Å². The van der Waals surface area contributed by atoms with E-state index in [-0.39, 0.29) is 24.9 Å². The van der Waals surface area contributed by atoms with Crippen LogP contribution in [0, 0.1) is 0 Å². The van der Waals surface area contributed by atoms with Crippen molar-refractivity contribution in [3.8, 4) is 17.2 Å². The number of hydrogen-bond donors (Lipinski definition) is 1. The summed E-state index contributed by atoms with van der Waals surface area (Å²) in [7, 11) is 1.59. The number of allylic oxidation sites excluding steroid dienone is 3. The molecule has 1 N–H and O–H groups in total. The summed E-state index contributed by atoms with van der Waals surface area (Å²) in [5.41, 5.74) is 4.41. The van der Waals surface area contributed by atoms with Crippen molar-refractivity contribution >= 4 is 11.8 Å². The Morgan fingerprint density at radius 1 is 0.857 bits per heavy atom. The third kappa shape index (κ3) is 6.35. The van der Waals surface area contributed by atoms with E-state index in [1.54, 1.807) is 7.11 Å². The highest BCUT2D eigenvalue weighted by atomic mass is 16.6. The highest BCUT2D eigenvalue weighted by Crippen LogP contribution is 2.47. The number of benzene rings is 3. The van der Waals surface area contributed by atoms with Crippen LogP contribution in [-0.4, -0.2) is 38.7 Å². The largest absolute Gasteiger partial charge is 0.493 e. The summed E-state index contributed by atoms with van der Waals surface area (Å²) in [5, 5.41) is 3.41. The molecule has 1 heterocycles. The number of rotatable bonds is 11. The number of carbonyl (C=O) groups excluding carboxylic acids is 2. The Morgan fingerprint density at radius 2 is 1.60 bits per heavy atom. The number of Topliss-reactive ketones (excluding diaryl/α,β-unsaturated/α-hetero) is 1. The lowest BCUT2D eigenvalue weighted by Crippen LogP contribution is -2.36. The normalized spacial score (nSPS) is 18.2. The predicted molar refractivity (Wildman–Crippen MR) is 161 cm³/mol. The summed E-state index contributed by atoms with van der Waals surface area (Å²) in [5.74, 6) is 0.842. The smallest absolute Gasteiger partial charge is 0.336 e. The second kappa shape index (κ2) is 13.4. The third-order valence-corrected chi connectivity index (χ3v) is 7.63. The van der Waals surface area contributed by atoms with Crippen molar-refractivity contribution in [1.29, 1.82) is 0 Å². The Morgan fingerprint density at radius 3 is 2.31 bits per heavy atom. The SMILES string of the molecule is CCCOc1ccc([C@H]2C(C(=O)OCCOc3ccccc3)=C(C)NC3=C2C(=O)C[C@@H](c2ccccc2)C3)cc1OC. The van der Waals surface area contributed by atoms with E-state index in [1.807, 2.05) is 80.6 Å². The fraction of sp³-hybridized carbons (Fsp3) is 0.314. The first-order valence-corrected chi connectivity index (χ1v) is 14.4. The molecule has 1 aliphatic carbocycles. The van der Waals surface area contributed by atoms with Gasteiger partial charge in [0.25, 0.3) is 0 Å². The summed E-state index contributed by atoms with van der Waals surface area (Å²) < 4.78 is 23.0. The van der Waals surface area contributed by atoms with Crippen molar-refractivity contribution < 1.29 is 28.5 Å². The van der Waals surface area contributed by atoms with Crippen LogP contribution in [0.1, 0.15) is 56.1 Å². The van der Waals surface area contributed by atoms with Crippen LogP contribution in [0.5, 0.6) is 17.2 Å². The lowest BCUT2D eigenvalue weighted by atomic mass is 9.71. The molecule has 3 aromatic rings. The van der Waals surface area contributed by atoms with Crippen molar-refractivity contribution in [3.63, 3.8) is 0 Å². The Labute approximate surface area is 247 Å². The maximum absolute atomic E-state index is 13.9. The number of ether oxygens (including phenoxy) is 4. The number of ketones is 1. The van der Waals surface area contributed by atoms with E-state index in [1.165, 1.54) is 0 Å². The van der Waals surface area contributed by atoms with Crippen molar-refractivity contribution in [2.45, 2.75) is 44.9 Å². The third-order valence-electron chi connectivity index (χ3n) is 7.63. The van der Waals surface area contributed by atoms with Crippen LogP contribution in [0.15, 0.2) is 101 Å². The van der Waals surface area contributed by atoms with E-state index < -0.39 is 11.9 Å². The molecule has 0 amide bonds. The molecule has 0 fully saturated rings. The number of hydrogen-bond acceptors (Lipinski definition) is 7. The van der Waals surface area contributed by atoms with Gasteiger partial charge >= 0.3 is 5.97 Å². The number of methoxy groups -OCH3 is 1. The molecule has 0 radical (unpaired) electrons. The van der Waals surface area contributed by atoms with Crippen LogP contribution in [0.3, 0.4) is 0 Å². The minimum atomic E-state index is -0.609. The Kier molecular flexibility index (Phi) is 9.27. The zero-order valence-corrected chi connectivity index (χ0v) is 24.4. The number of para-hydroxylation sites is 1. The van der Waals surface area contributed by atoms with Crippen LogP contribution in [0.4, 0.5) is 0 Å². The molecule has 42 heavy (non-hydrogen) atoms. The summed E-state index contributed by atoms with van der Waals surface area (Å²) in [4.78, 5) is 27.6. The Balaban J connectivity index is 1.46. The minimum Gasteiger partial charge on any atom is -0.493 e. The predicted octanol–water partition coefficient (Wildman–Crippen LogP) is 6.47. The van der Waals surface area contributed by atoms with E-state index >= 15 is 0 Å². The van der Waals surface area contributed by atoms with Crippen LogP contribution in [0.2, 0.25) is 0 Å². The number of dihydropyridines is 1. The van der Waals surface area contributed by atoms with E-state index in [0.717, 1.165) is 23.2 Å². The first kappa shape index (κ1) is 29.0. The van der Waals surface area contributed by atoms with Crippen LogP contribution < -0.4 is 19.5 Å². The molecule has 0 saturated heterocycles. The molecule has 0 spiro atoms. The van der Waals surface area contributed by atoms with Crippen molar-refractivity contribution in [2.24, 2.45) is 0 Å². The zero-order valence-electron chi connectivity index (χ0n) is 24.4. The van der Waals surface area contributed by atoms with Crippen LogP contribution in [0.25, 0.3) is 0 Å². The first-order chi connectivity index (χ1) is 20.5. The fourth-order valence-electron chi connectivity index (χ4n) is 5.69. The molecule has 1 aliphatic heterocycles. The molecule has 7 heteroatoms. The second-order valence-electron chi connectivity index (χ2n) is 10.5. The molecule has 3 aromatic carbocycles. The standard InChI is InChI=1S/C35H37NO6/c1-4-17-41-30-16-15-25(22-31(30)39-3)33-32(35(38)42-19-18-40-27-13-9-6-10-14-27)23(2)36-28-20-26(21-29(37)34(28)33)24-11-7-5-8-12-24/h5-16,22,26,33,36H,4,17-21H2,1-3H3/t26-,33-/m0/s1. The number of nitrogens with one attached hydrogen (secondary N) is 1. The van der Waals surface area contributed by atoms with E-state index in [0.29, 0.717) is 53.5 Å². The van der Waals surface area contributed by atoms with Crippen LogP contribution in [-0.2, 0) is 14.3 Å². The molecule has 218 valence electrons. The monoisotopic (exact) mass is 567 g/mol. The summed E-state index contributed by atoms with van der Waals surface area (Å²) >= 11 is 0. The van der Waals surface area contributed by atoms with Gasteiger partial charge in [-0.1, -0.05) is 61.5 Å². The number of esters is 1. The fourth-order valence-corrected chi connectivity index (χ4v) is 5.69. The van der Waals surface area contributed by atoms with Gasteiger partial charge in [-0.15, -0.1) is 0 Å². The van der Waals surface area contributed by atoms with Gasteiger partial charge in [0.2, 0.25) is 0 Å². The van der Waals surface area contributed by atoms with Gasteiger partial charge in [0.15, 0.2) is 17.3 Å². The highest BCUT2D eigenvalue weighted by Gasteiger charge is 2.41. The molecule has 0 unspecified atom stereocenters. The van der Waals surface area contributed by atoms with E-state index in [2.05, 4.69) is 17.4 Å². The summed E-state index contributed by atoms with van der Waals surface area (Å²) in [6.07, 6.45) is 1.89. The lowest BCUT2D eigenvalue weighted by Gasteiger charge is -2.36. The zero-order chi connectivity index (χ0) is 29.5. The molecule has 2 atom stereocenters. The van der Waals surface area contributed by atoms with Gasteiger partial charge in [-0.25, -0.2) is 4.79 Å². The molecule has 5 rings (SSSR count). The van der Waals surface area contributed by atoms with Gasteiger partial charge in [-0.3, -0.25) is 4.79 Å². The van der Waals surface area contributed by atoms with Gasteiger partial charge in [0.05, 0.1) is 19.3 Å². The topological polar surface area (TPSA) is 83.1 Å². The quantitative estimate of drug-likeness (QED) is 0.210. The maximum atomic E-state index is 13.9. The van der Waals surface area contributed by atoms with Crippen molar-refractivity contribution in [2.75, 3.05) is 26.9 Å². The average molecular weight is 568 g/mol. The molecule has 7 nitrogen and oxygen atoms in total. The molecule has 2 aliphatic rings. The summed E-state index contributed by atoms with van der Waals surface area (Å²) in [6, 6.07) is 25.1. The van der Waals surface area contributed by atoms with Crippen molar-refractivity contribution in [1.82, 2.24) is 5.32 Å². The Bertz CT molecular complexity index is 1480. The van der Waals surface area contributed by atoms with Gasteiger partial charge in [0.1, 0.15) is 19.0 Å². The summed E-state index contributed by atoms with van der Waals surface area (Å²) in [6.45, 7) is 4.74. The number of carbonyl (C=O) groups is 2. The first-order valence-electron chi connectivity index (χ1n) is 14.4. The van der Waals surface area contributed by atoms with Gasteiger partial charge in [-0.2, -0.15) is 0 Å². The van der Waals surface area contributed by atoms with Gasteiger partial charge < -0.3 is 24.3 Å². The van der Waals surface area contributed by atoms with Gasteiger partial charge in [-0.05, 0) is 61.1 Å². The highest BCUT2D eigenvalue weighted by molar-refractivity contribution is 6.04. The Hall–Kier alpha value is -4.52. The van der Waals surface area contributed by atoms with Crippen LogP contribution >= 0.6 is 0 Å². The molecule has 0 saturated carbocycles. The minimum absolute atomic E-state index is 0.0121. The molecular formula is C35H37NO6. The molecular weight excluding hydrogens is 530 g/mol.